The van der Waals surface area contributed by atoms with Gasteiger partial charge < -0.3 is 10.1 Å². The maximum Gasteiger partial charge on any atom is 0.465 e. The van der Waals surface area contributed by atoms with Crippen molar-refractivity contribution in [2.45, 2.75) is 38.8 Å². The molecule has 2 N–H and O–H groups in total. The molecule has 1 aromatic heterocycles. The topological polar surface area (TPSA) is 66.0 Å². The molecule has 4 nitrogen and oxygen atoms in total. The molecule has 0 spiro atoms. The summed E-state index contributed by atoms with van der Waals surface area (Å²) >= 11 is 0. The summed E-state index contributed by atoms with van der Waals surface area (Å²) in [6.07, 6.45) is -2.32. The van der Waals surface area contributed by atoms with Crippen molar-refractivity contribution in [3.8, 4) is 0 Å². The van der Waals surface area contributed by atoms with Crippen molar-refractivity contribution >= 4 is 5.97 Å². The highest BCUT2D eigenvalue weighted by molar-refractivity contribution is 5.76. The van der Waals surface area contributed by atoms with Crippen LogP contribution < -0.4 is 0 Å². The molecule has 138 valence electrons. The Kier molecular flexibility index (Phi) is 6.28. The lowest BCUT2D eigenvalue weighted by molar-refractivity contribution is -0.277. The fourth-order valence-corrected chi connectivity index (χ4v) is 2.03. The lowest BCUT2D eigenvalue weighted by Crippen LogP contribution is -2.43. The molecule has 0 saturated carbocycles. The number of alkyl halides is 5. The van der Waals surface area contributed by atoms with Gasteiger partial charge in [0, 0.05) is 12.1 Å². The smallest absolute Gasteiger partial charge is 0.465 e. The van der Waals surface area contributed by atoms with E-state index in [1.165, 1.54) is 16.7 Å². The third kappa shape index (κ3) is 4.77. The summed E-state index contributed by atoms with van der Waals surface area (Å²) in [4.78, 5) is 16.5. The number of aromatic nitrogens is 2. The molecule has 0 radical (unpaired) electrons. The fraction of sp³-hybridized carbons (Fsp3) is 0.375. The minimum Gasteiger partial charge on any atom is -0.477 e. The molecule has 0 aliphatic heterocycles. The summed E-state index contributed by atoms with van der Waals surface area (Å²) in [6, 6.07) is 6.44. The number of aryl methyl sites for hydroxylation is 1. The van der Waals surface area contributed by atoms with Crippen LogP contribution in [0.4, 0.5) is 22.0 Å². The van der Waals surface area contributed by atoms with Crippen LogP contribution in [0.1, 0.15) is 35.2 Å². The summed E-state index contributed by atoms with van der Waals surface area (Å²) in [6.45, 7) is 6.52. The highest BCUT2D eigenvalue weighted by Crippen LogP contribution is 2.35. The standard InChI is InChI=1S/C13H16N2.C3HF5O2/c1-9-5-4-6-12(10(9)2)11(3)13-7-14-8-15-13;4-2(5,1(9)10)3(6,7)8/h4-8,11H,1-3H3,(H,14,15);(H,9,10). The van der Waals surface area contributed by atoms with Gasteiger partial charge in [0.15, 0.2) is 0 Å². The first kappa shape index (κ1) is 20.6. The molecule has 9 heteroatoms. The first-order valence-electron chi connectivity index (χ1n) is 7.12. The Labute approximate surface area is 140 Å². The molecule has 2 aromatic rings. The van der Waals surface area contributed by atoms with Crippen molar-refractivity contribution in [3.05, 3.63) is 53.1 Å². The van der Waals surface area contributed by atoms with Crippen LogP contribution in [-0.4, -0.2) is 33.1 Å². The van der Waals surface area contributed by atoms with Crippen molar-refractivity contribution < 1.29 is 31.9 Å². The summed E-state index contributed by atoms with van der Waals surface area (Å²) in [5.41, 5.74) is 5.17. The molecule has 0 aliphatic carbocycles. The predicted molar refractivity (Wildman–Crippen MR) is 80.7 cm³/mol. The third-order valence-corrected chi connectivity index (χ3v) is 3.70. The number of aromatic amines is 1. The molecule has 0 aliphatic rings. The minimum atomic E-state index is -6.02. The van der Waals surface area contributed by atoms with Gasteiger partial charge in [0.1, 0.15) is 0 Å². The Morgan fingerprint density at radius 2 is 1.80 bits per heavy atom. The molecule has 1 unspecified atom stereocenters. The molecule has 1 heterocycles. The number of carbonyl (C=O) groups is 1. The van der Waals surface area contributed by atoms with Crippen LogP contribution in [0.15, 0.2) is 30.7 Å². The van der Waals surface area contributed by atoms with Crippen molar-refractivity contribution in [1.29, 1.82) is 0 Å². The number of nitrogens with zero attached hydrogens (tertiary/aromatic N) is 1. The van der Waals surface area contributed by atoms with Gasteiger partial charge >= 0.3 is 18.1 Å². The number of H-pyrrole nitrogens is 1. The average molecular weight is 364 g/mol. The number of hydrogen-bond donors (Lipinski definition) is 2. The number of imidazole rings is 1. The highest BCUT2D eigenvalue weighted by atomic mass is 19.4. The number of hydrogen-bond acceptors (Lipinski definition) is 2. The van der Waals surface area contributed by atoms with Gasteiger partial charge in [-0.3, -0.25) is 0 Å². The Morgan fingerprint density at radius 1 is 1.20 bits per heavy atom. The molecule has 0 amide bonds. The predicted octanol–water partition coefficient (Wildman–Crippen LogP) is 4.45. The molecule has 25 heavy (non-hydrogen) atoms. The summed E-state index contributed by atoms with van der Waals surface area (Å²) < 4.78 is 55.5. The van der Waals surface area contributed by atoms with Gasteiger partial charge in [-0.1, -0.05) is 25.1 Å². The monoisotopic (exact) mass is 364 g/mol. The number of rotatable bonds is 3. The van der Waals surface area contributed by atoms with Gasteiger partial charge in [-0.2, -0.15) is 22.0 Å². The van der Waals surface area contributed by atoms with Crippen LogP contribution in [0, 0.1) is 13.8 Å². The lowest BCUT2D eigenvalue weighted by Gasteiger charge is -2.14. The molecule has 0 saturated heterocycles. The Hall–Kier alpha value is -2.45. The van der Waals surface area contributed by atoms with Crippen LogP contribution in [0.25, 0.3) is 0 Å². The van der Waals surface area contributed by atoms with Gasteiger partial charge in [-0.25, -0.2) is 9.78 Å². The zero-order valence-corrected chi connectivity index (χ0v) is 13.7. The van der Waals surface area contributed by atoms with Gasteiger partial charge in [0.05, 0.1) is 12.0 Å². The number of carboxylic acids is 1. The van der Waals surface area contributed by atoms with E-state index in [1.54, 1.807) is 6.33 Å². The Balaban J connectivity index is 0.000000275. The third-order valence-electron chi connectivity index (χ3n) is 3.70. The van der Waals surface area contributed by atoms with E-state index in [-0.39, 0.29) is 0 Å². The van der Waals surface area contributed by atoms with E-state index in [9.17, 15) is 26.7 Å². The maximum absolute atomic E-state index is 11.3. The van der Waals surface area contributed by atoms with Crippen LogP contribution in [0.5, 0.6) is 0 Å². The number of benzene rings is 1. The maximum atomic E-state index is 11.3. The molecule has 1 atom stereocenters. The van der Waals surface area contributed by atoms with Crippen LogP contribution in [0.2, 0.25) is 0 Å². The van der Waals surface area contributed by atoms with Gasteiger partial charge in [0.25, 0.3) is 0 Å². The summed E-state index contributed by atoms with van der Waals surface area (Å²) in [5.74, 6) is -8.48. The second-order valence-corrected chi connectivity index (χ2v) is 5.38. The van der Waals surface area contributed by atoms with Gasteiger partial charge in [-0.05, 0) is 30.5 Å². The first-order chi connectivity index (χ1) is 11.4. The van der Waals surface area contributed by atoms with E-state index in [1.807, 2.05) is 6.20 Å². The molecule has 0 bridgehead atoms. The van der Waals surface area contributed by atoms with Crippen molar-refractivity contribution in [3.63, 3.8) is 0 Å². The fourth-order valence-electron chi connectivity index (χ4n) is 2.03. The van der Waals surface area contributed by atoms with E-state index >= 15 is 0 Å². The summed E-state index contributed by atoms with van der Waals surface area (Å²) in [7, 11) is 0. The average Bonchev–Trinajstić information content (AvgIpc) is 3.03. The number of halogens is 5. The van der Waals surface area contributed by atoms with Crippen LogP contribution >= 0.6 is 0 Å². The van der Waals surface area contributed by atoms with Gasteiger partial charge in [0.2, 0.25) is 0 Å². The second kappa shape index (κ2) is 7.62. The minimum absolute atomic E-state index is 0.358. The zero-order chi connectivity index (χ0) is 19.4. The Bertz CT molecular complexity index is 712. The summed E-state index contributed by atoms with van der Waals surface area (Å²) in [5, 5.41) is 7.31. The van der Waals surface area contributed by atoms with Crippen molar-refractivity contribution in [2.24, 2.45) is 0 Å². The SMILES string of the molecule is Cc1cccc(C(C)c2c[nH]cn2)c1C.O=C(O)C(F)(F)C(F)(F)F. The lowest BCUT2D eigenvalue weighted by atomic mass is 9.92. The quantitative estimate of drug-likeness (QED) is 0.791. The van der Waals surface area contributed by atoms with Gasteiger partial charge in [-0.15, -0.1) is 0 Å². The Morgan fingerprint density at radius 3 is 2.20 bits per heavy atom. The molecule has 1 aromatic carbocycles. The molecular formula is C16H17F5N2O2. The second-order valence-electron chi connectivity index (χ2n) is 5.38. The van der Waals surface area contributed by atoms with E-state index in [4.69, 9.17) is 5.11 Å². The number of aliphatic carboxylic acids is 1. The first-order valence-corrected chi connectivity index (χ1v) is 7.12. The molecule has 2 rings (SSSR count). The normalized spacial score (nSPS) is 13.0. The number of carboxylic acid groups (broad SMARTS) is 1. The largest absolute Gasteiger partial charge is 0.477 e. The van der Waals surface area contributed by atoms with Crippen LogP contribution in [0.3, 0.4) is 0 Å². The van der Waals surface area contributed by atoms with Crippen molar-refractivity contribution in [2.75, 3.05) is 0 Å². The van der Waals surface area contributed by atoms with Crippen molar-refractivity contribution in [1.82, 2.24) is 9.97 Å². The van der Waals surface area contributed by atoms with E-state index < -0.39 is 18.1 Å². The molecular weight excluding hydrogens is 347 g/mol. The zero-order valence-electron chi connectivity index (χ0n) is 13.7. The molecule has 0 fully saturated rings. The van der Waals surface area contributed by atoms with E-state index in [0.717, 1.165) is 5.69 Å². The van der Waals surface area contributed by atoms with E-state index in [2.05, 4.69) is 48.9 Å². The van der Waals surface area contributed by atoms with Crippen LogP contribution in [-0.2, 0) is 4.79 Å². The van der Waals surface area contributed by atoms with E-state index in [0.29, 0.717) is 5.92 Å². The number of nitrogens with one attached hydrogen (secondary N) is 1. The highest BCUT2D eigenvalue weighted by Gasteiger charge is 2.64.